The number of carbonyl (C=O) groups excluding carboxylic acids is 4. The van der Waals surface area contributed by atoms with E-state index in [1.165, 1.54) is 0 Å². The van der Waals surface area contributed by atoms with Crippen LogP contribution < -0.4 is 5.32 Å². The minimum absolute atomic E-state index is 0.255. The summed E-state index contributed by atoms with van der Waals surface area (Å²) >= 11 is 3.35. The van der Waals surface area contributed by atoms with E-state index in [0.717, 1.165) is 34.2 Å². The van der Waals surface area contributed by atoms with Gasteiger partial charge in [-0.2, -0.15) is 0 Å². The average Bonchev–Trinajstić information content (AvgIpc) is 3.32. The number of likely N-dealkylation sites (tertiary alicyclic amines) is 1. The minimum atomic E-state index is -0.753. The zero-order valence-electron chi connectivity index (χ0n) is 15.4. The number of aryl methyl sites for hydroxylation is 1. The van der Waals surface area contributed by atoms with Crippen molar-refractivity contribution in [1.29, 1.82) is 0 Å². The summed E-state index contributed by atoms with van der Waals surface area (Å²) in [7, 11) is 0. The first-order chi connectivity index (χ1) is 13.3. The Kier molecular flexibility index (Phi) is 4.99. The topological polar surface area (TPSA) is 92.8 Å². The van der Waals surface area contributed by atoms with Gasteiger partial charge in [0.15, 0.2) is 6.61 Å². The molecule has 3 amide bonds. The number of benzene rings is 1. The van der Waals surface area contributed by atoms with Crippen LogP contribution in [-0.2, 0) is 23.9 Å². The van der Waals surface area contributed by atoms with Gasteiger partial charge < -0.3 is 10.1 Å². The fraction of sp³-hybridized carbons (Fsp3) is 0.500. The molecule has 0 unspecified atom stereocenters. The van der Waals surface area contributed by atoms with E-state index in [0.29, 0.717) is 5.69 Å². The molecule has 1 aromatic carbocycles. The van der Waals surface area contributed by atoms with Crippen molar-refractivity contribution in [3.8, 4) is 0 Å². The number of nitrogens with one attached hydrogen (secondary N) is 1. The van der Waals surface area contributed by atoms with Gasteiger partial charge in [-0.05, 0) is 61.8 Å². The van der Waals surface area contributed by atoms with E-state index in [-0.39, 0.29) is 35.5 Å². The summed E-state index contributed by atoms with van der Waals surface area (Å²) in [6, 6.07) is 5.40. The van der Waals surface area contributed by atoms with E-state index in [4.69, 9.17) is 4.74 Å². The molecule has 8 heteroatoms. The lowest BCUT2D eigenvalue weighted by Crippen LogP contribution is -2.38. The van der Waals surface area contributed by atoms with E-state index < -0.39 is 25.0 Å². The first-order valence-corrected chi connectivity index (χ1v) is 10.2. The smallest absolute Gasteiger partial charge is 0.326 e. The van der Waals surface area contributed by atoms with Crippen LogP contribution in [-0.4, -0.2) is 41.7 Å². The molecular formula is C20H21BrN2O5. The number of fused-ring (bicyclic) bond motifs is 5. The Labute approximate surface area is 170 Å². The Morgan fingerprint density at radius 3 is 2.43 bits per heavy atom. The number of imide groups is 1. The van der Waals surface area contributed by atoms with Crippen LogP contribution in [0.25, 0.3) is 0 Å². The molecule has 2 aliphatic carbocycles. The van der Waals surface area contributed by atoms with E-state index in [9.17, 15) is 19.2 Å². The third-order valence-corrected chi connectivity index (χ3v) is 6.63. The summed E-state index contributed by atoms with van der Waals surface area (Å²) < 4.78 is 5.88. The molecule has 1 N–H and O–H groups in total. The lowest BCUT2D eigenvalue weighted by atomic mass is 9.81. The number of rotatable bonds is 5. The Balaban J connectivity index is 1.29. The van der Waals surface area contributed by atoms with Gasteiger partial charge in [0.25, 0.3) is 5.91 Å². The van der Waals surface area contributed by atoms with E-state index in [1.807, 2.05) is 13.0 Å². The van der Waals surface area contributed by atoms with Crippen LogP contribution in [0.3, 0.4) is 0 Å². The zero-order valence-corrected chi connectivity index (χ0v) is 17.0. The first kappa shape index (κ1) is 19.1. The lowest BCUT2D eigenvalue weighted by Gasteiger charge is -2.19. The molecule has 1 saturated heterocycles. The Hall–Kier alpha value is -2.22. The second-order valence-corrected chi connectivity index (χ2v) is 8.73. The number of carbonyl (C=O) groups is 4. The van der Waals surface area contributed by atoms with E-state index in [2.05, 4.69) is 21.2 Å². The molecule has 4 atom stereocenters. The second-order valence-electron chi connectivity index (χ2n) is 7.82. The van der Waals surface area contributed by atoms with Gasteiger partial charge in [0.05, 0.1) is 11.8 Å². The van der Waals surface area contributed by atoms with E-state index in [1.54, 1.807) is 12.1 Å². The predicted octanol–water partition coefficient (Wildman–Crippen LogP) is 2.27. The summed E-state index contributed by atoms with van der Waals surface area (Å²) in [6.07, 6.45) is 2.91. The Morgan fingerprint density at radius 1 is 1.18 bits per heavy atom. The highest BCUT2D eigenvalue weighted by Gasteiger charge is 2.61. The summed E-state index contributed by atoms with van der Waals surface area (Å²) in [6.45, 7) is 0.957. The molecule has 0 spiro atoms. The number of nitrogens with zero attached hydrogens (tertiary/aromatic N) is 1. The first-order valence-electron chi connectivity index (χ1n) is 9.42. The van der Waals surface area contributed by atoms with Gasteiger partial charge in [0.2, 0.25) is 11.8 Å². The summed E-state index contributed by atoms with van der Waals surface area (Å²) in [5, 5.41) is 2.67. The van der Waals surface area contributed by atoms with Crippen LogP contribution in [0.1, 0.15) is 24.8 Å². The molecule has 28 heavy (non-hydrogen) atoms. The summed E-state index contributed by atoms with van der Waals surface area (Å²) in [5.41, 5.74) is 1.49. The highest BCUT2D eigenvalue weighted by molar-refractivity contribution is 9.10. The molecule has 3 aliphatic rings. The van der Waals surface area contributed by atoms with Gasteiger partial charge in [0.1, 0.15) is 6.54 Å². The molecule has 3 fully saturated rings. The standard InChI is InChI=1S/C20H21BrN2O5/c1-10-6-13(21)4-5-14(10)22-15(24)9-28-16(25)8-23-19(26)17-11-2-3-12(7-11)18(17)20(23)27/h4-6,11-12,17-18H,2-3,7-9H2,1H3,(H,22,24)/t11-,12-,17+,18+/m0/s1. The Bertz CT molecular complexity index is 842. The van der Waals surface area contributed by atoms with Crippen molar-refractivity contribution in [1.82, 2.24) is 4.90 Å². The number of hydrogen-bond acceptors (Lipinski definition) is 5. The molecule has 4 rings (SSSR count). The van der Waals surface area contributed by atoms with Crippen molar-refractivity contribution in [2.24, 2.45) is 23.7 Å². The normalized spacial score (nSPS) is 27.9. The molecule has 7 nitrogen and oxygen atoms in total. The third-order valence-electron chi connectivity index (χ3n) is 6.13. The third kappa shape index (κ3) is 3.34. The summed E-state index contributed by atoms with van der Waals surface area (Å²) in [5.74, 6) is -1.72. The lowest BCUT2D eigenvalue weighted by molar-refractivity contribution is -0.154. The quantitative estimate of drug-likeness (QED) is 0.550. The fourth-order valence-electron chi connectivity index (χ4n) is 4.90. The van der Waals surface area contributed by atoms with Crippen LogP contribution in [0.15, 0.2) is 22.7 Å². The SMILES string of the molecule is Cc1cc(Br)ccc1NC(=O)COC(=O)CN1C(=O)[C@@H]2[C@H]3CC[C@@H](C3)[C@H]2C1=O. The highest BCUT2D eigenvalue weighted by Crippen LogP contribution is 2.56. The number of halogens is 1. The minimum Gasteiger partial charge on any atom is -0.454 e. The number of anilines is 1. The number of amides is 3. The second kappa shape index (κ2) is 7.31. The van der Waals surface area contributed by atoms with Crippen LogP contribution in [0.5, 0.6) is 0 Å². The maximum Gasteiger partial charge on any atom is 0.326 e. The number of hydrogen-bond donors (Lipinski definition) is 1. The molecule has 1 heterocycles. The van der Waals surface area contributed by atoms with Gasteiger partial charge >= 0.3 is 5.97 Å². The number of ether oxygens (including phenoxy) is 1. The van der Waals surface area contributed by atoms with Crippen LogP contribution in [0, 0.1) is 30.6 Å². The van der Waals surface area contributed by atoms with Crippen LogP contribution in [0.4, 0.5) is 5.69 Å². The van der Waals surface area contributed by atoms with Crippen molar-refractivity contribution in [2.45, 2.75) is 26.2 Å². The maximum atomic E-state index is 12.6. The maximum absolute atomic E-state index is 12.6. The largest absolute Gasteiger partial charge is 0.454 e. The van der Waals surface area contributed by atoms with Crippen LogP contribution in [0.2, 0.25) is 0 Å². The van der Waals surface area contributed by atoms with Crippen molar-refractivity contribution in [2.75, 3.05) is 18.5 Å². The fourth-order valence-corrected chi connectivity index (χ4v) is 5.38. The molecule has 0 radical (unpaired) electrons. The zero-order chi connectivity index (χ0) is 20.0. The van der Waals surface area contributed by atoms with Gasteiger partial charge in [0, 0.05) is 10.2 Å². The van der Waals surface area contributed by atoms with Crippen molar-refractivity contribution >= 4 is 45.3 Å². The van der Waals surface area contributed by atoms with Crippen molar-refractivity contribution in [3.05, 3.63) is 28.2 Å². The van der Waals surface area contributed by atoms with Crippen LogP contribution >= 0.6 is 15.9 Å². The molecule has 1 aromatic rings. The molecule has 148 valence electrons. The highest BCUT2D eigenvalue weighted by atomic mass is 79.9. The Morgan fingerprint density at radius 2 is 1.82 bits per heavy atom. The molecule has 2 saturated carbocycles. The van der Waals surface area contributed by atoms with Gasteiger partial charge in [-0.1, -0.05) is 15.9 Å². The molecular weight excluding hydrogens is 428 g/mol. The molecule has 0 aromatic heterocycles. The van der Waals surface area contributed by atoms with Gasteiger partial charge in [-0.25, -0.2) is 0 Å². The molecule has 1 aliphatic heterocycles. The van der Waals surface area contributed by atoms with E-state index >= 15 is 0 Å². The van der Waals surface area contributed by atoms with Gasteiger partial charge in [-0.15, -0.1) is 0 Å². The van der Waals surface area contributed by atoms with Crippen molar-refractivity contribution in [3.63, 3.8) is 0 Å². The average molecular weight is 449 g/mol. The molecule has 2 bridgehead atoms. The monoisotopic (exact) mass is 448 g/mol. The van der Waals surface area contributed by atoms with Gasteiger partial charge in [-0.3, -0.25) is 24.1 Å². The van der Waals surface area contributed by atoms with Crippen molar-refractivity contribution < 1.29 is 23.9 Å². The predicted molar refractivity (Wildman–Crippen MR) is 103 cm³/mol. The summed E-state index contributed by atoms with van der Waals surface area (Å²) in [4.78, 5) is 50.3. The number of esters is 1.